The third-order valence-corrected chi connectivity index (χ3v) is 15.7. The first-order chi connectivity index (χ1) is 22.2. The molecule has 1 aromatic carbocycles. The van der Waals surface area contributed by atoms with Gasteiger partial charge >= 0.3 is 70.3 Å². The second-order valence-corrected chi connectivity index (χ2v) is 19.5. The van der Waals surface area contributed by atoms with Crippen molar-refractivity contribution < 1.29 is 49.0 Å². The molecule has 0 saturated heterocycles. The van der Waals surface area contributed by atoms with Crippen LogP contribution in [0.1, 0.15) is 95.6 Å². The van der Waals surface area contributed by atoms with Crippen LogP contribution in [-0.2, 0) is 24.2 Å². The van der Waals surface area contributed by atoms with E-state index in [0.717, 1.165) is 0 Å². The topological polar surface area (TPSA) is 0 Å². The van der Waals surface area contributed by atoms with Gasteiger partial charge in [-0.05, 0) is 28.6 Å². The number of allylic oxidation sites excluding steroid dienone is 16. The van der Waals surface area contributed by atoms with Crippen LogP contribution in [0.3, 0.4) is 0 Å². The van der Waals surface area contributed by atoms with Crippen molar-refractivity contribution in [3.05, 3.63) is 139 Å². The van der Waals surface area contributed by atoms with Crippen LogP contribution in [0.2, 0.25) is 0 Å². The van der Waals surface area contributed by atoms with Crippen LogP contribution in [0.25, 0.3) is 0 Å². The zero-order chi connectivity index (χ0) is 35.6. The van der Waals surface area contributed by atoms with Crippen molar-refractivity contribution in [2.75, 3.05) is 0 Å². The molecule has 0 aromatic heterocycles. The molecule has 3 heteroatoms. The van der Waals surface area contributed by atoms with E-state index in [1.807, 2.05) is 6.07 Å². The van der Waals surface area contributed by atoms with Crippen LogP contribution in [0, 0.1) is 67.7 Å². The Morgan fingerprint density at radius 3 is 1.70 bits per heavy atom. The van der Waals surface area contributed by atoms with E-state index < -0.39 is 0 Å². The summed E-state index contributed by atoms with van der Waals surface area (Å²) in [7, 11) is 0. The minimum absolute atomic E-state index is 0. The Morgan fingerprint density at radius 1 is 0.760 bits per heavy atom. The smallest absolute Gasteiger partial charge is 1.00 e. The molecule has 0 nitrogen and oxygen atoms in total. The van der Waals surface area contributed by atoms with E-state index in [4.69, 9.17) is 0 Å². The quantitative estimate of drug-likeness (QED) is 0.290. The minimum Gasteiger partial charge on any atom is -1.00 e. The van der Waals surface area contributed by atoms with Gasteiger partial charge in [0.15, 0.2) is 0 Å². The number of halogens is 2. The normalized spacial score (nSPS) is 40.9. The third kappa shape index (κ3) is 5.73. The van der Waals surface area contributed by atoms with Gasteiger partial charge in [0.05, 0.1) is 0 Å². The number of hydrogen-bond acceptors (Lipinski definition) is 0. The molecule has 0 aliphatic heterocycles. The first-order valence-electron chi connectivity index (χ1n) is 18.1. The summed E-state index contributed by atoms with van der Waals surface area (Å²) < 4.78 is 1.46. The number of rotatable bonds is 1. The van der Waals surface area contributed by atoms with Crippen LogP contribution in [-0.4, -0.2) is 3.21 Å². The van der Waals surface area contributed by atoms with Gasteiger partial charge in [-0.15, -0.1) is 17.4 Å². The Balaban J connectivity index is 0.000000265. The monoisotopic (exact) mass is 784 g/mol. The summed E-state index contributed by atoms with van der Waals surface area (Å²) in [5.74, 6) is 0.982. The van der Waals surface area contributed by atoms with Gasteiger partial charge in [0.2, 0.25) is 0 Å². The minimum atomic E-state index is 0. The number of hydrogen-bond donors (Lipinski definition) is 0. The van der Waals surface area contributed by atoms with Gasteiger partial charge in [-0.1, -0.05) is 154 Å². The third-order valence-electron chi connectivity index (χ3n) is 15.0. The summed E-state index contributed by atoms with van der Waals surface area (Å²) in [6.07, 6.45) is 36.9. The Morgan fingerprint density at radius 2 is 1.26 bits per heavy atom. The summed E-state index contributed by atoms with van der Waals surface area (Å²) in [6, 6.07) is 10.5. The van der Waals surface area contributed by atoms with Gasteiger partial charge in [-0.2, -0.15) is 11.6 Å². The average Bonchev–Trinajstić information content (AvgIpc) is 3.56. The Labute approximate surface area is 333 Å². The second-order valence-electron chi connectivity index (χ2n) is 17.7. The van der Waals surface area contributed by atoms with E-state index >= 15 is 0 Å². The molecule has 0 heterocycles. The molecular formula is C47H60Cl2Zr-2. The number of benzene rings is 1. The summed E-state index contributed by atoms with van der Waals surface area (Å²) in [5.41, 5.74) is 4.82. The molecule has 2 fully saturated rings. The average molecular weight is 787 g/mol. The molecule has 7 rings (SSSR count). The zero-order valence-corrected chi connectivity index (χ0v) is 36.9. The molecule has 0 radical (unpaired) electrons. The van der Waals surface area contributed by atoms with Crippen LogP contribution in [0.4, 0.5) is 0 Å². The molecule has 6 aliphatic carbocycles. The van der Waals surface area contributed by atoms with Crippen LogP contribution >= 0.6 is 0 Å². The summed E-state index contributed by atoms with van der Waals surface area (Å²) in [5, 5.41) is 0. The van der Waals surface area contributed by atoms with E-state index in [2.05, 4.69) is 206 Å². The SMILES string of the molecule is CC1=CC=CC2[CH-]C3(C)C4(C)C=CC=CC4(C)C4(C)C=CC=CC4(C)C3(C)C12C.CC1[C-]=CC(C(C)(C)C)=C1.C[C](=[Zr+2])c1ccccc1.[Cl-].[Cl-]. The van der Waals surface area contributed by atoms with Crippen molar-refractivity contribution in [2.45, 2.75) is 90.0 Å². The summed E-state index contributed by atoms with van der Waals surface area (Å²) in [6.45, 7) is 31.3. The predicted octanol–water partition coefficient (Wildman–Crippen LogP) is 6.40. The summed E-state index contributed by atoms with van der Waals surface area (Å²) in [4.78, 5) is 0. The fraction of sp³-hybridized carbons (Fsp3) is 0.489. The molecule has 0 bridgehead atoms. The van der Waals surface area contributed by atoms with Crippen LogP contribution < -0.4 is 24.8 Å². The number of fused-ring (bicyclic) bond motifs is 8. The Bertz CT molecular complexity index is 1700. The molecular weight excluding hydrogens is 727 g/mol. The predicted molar refractivity (Wildman–Crippen MR) is 205 cm³/mol. The maximum atomic E-state index is 3.26. The molecule has 0 spiro atoms. The first-order valence-corrected chi connectivity index (χ1v) is 19.3. The van der Waals surface area contributed by atoms with Crippen molar-refractivity contribution in [1.29, 1.82) is 0 Å². The molecule has 2 saturated carbocycles. The molecule has 9 unspecified atom stereocenters. The van der Waals surface area contributed by atoms with Gasteiger partial charge in [-0.3, -0.25) is 6.08 Å². The molecule has 6 aliphatic rings. The van der Waals surface area contributed by atoms with Crippen molar-refractivity contribution in [3.63, 3.8) is 0 Å². The molecule has 268 valence electrons. The molecule has 0 amide bonds. The fourth-order valence-electron chi connectivity index (χ4n) is 11.0. The molecule has 1 aromatic rings. The maximum Gasteiger partial charge on any atom is -1.00 e. The largest absolute Gasteiger partial charge is 1.00 e. The van der Waals surface area contributed by atoms with Gasteiger partial charge < -0.3 is 31.2 Å². The Hall–Kier alpha value is -1.53. The maximum absolute atomic E-state index is 3.26. The van der Waals surface area contributed by atoms with Crippen LogP contribution in [0.5, 0.6) is 0 Å². The summed E-state index contributed by atoms with van der Waals surface area (Å²) >= 11 is 1.51. The molecule has 50 heavy (non-hydrogen) atoms. The molecule has 9 atom stereocenters. The zero-order valence-electron chi connectivity index (χ0n) is 32.9. The first kappa shape index (κ1) is 42.9. The van der Waals surface area contributed by atoms with Crippen molar-refractivity contribution in [3.8, 4) is 0 Å². The van der Waals surface area contributed by atoms with Gasteiger partial charge in [0.1, 0.15) is 0 Å². The van der Waals surface area contributed by atoms with Gasteiger partial charge in [0, 0.05) is 10.8 Å². The van der Waals surface area contributed by atoms with E-state index in [9.17, 15) is 0 Å². The standard InChI is InChI=1S/C29H37.C10H15.C8H8.2ClH.Zr/c1-21-14-13-15-22-20-27(6)25(4)18-10-9-16-23(25,2)24(3)17-11-12-19-26(24,5)29(27,8)28(21,22)7;1-8-5-6-9(7-8)10(2,3)4;1-2-8-6-4-3-5-7-8;;;/h9-20,22H,1-8H3;6-8H,1-4H3;3-7H,1H3;2*1H;/q2*-1;;;;+2/p-2. The van der Waals surface area contributed by atoms with E-state index in [0.29, 0.717) is 17.3 Å². The van der Waals surface area contributed by atoms with Gasteiger partial charge in [-0.25, -0.2) is 6.08 Å². The van der Waals surface area contributed by atoms with E-state index in [-0.39, 0.29) is 62.7 Å². The molecule has 0 N–H and O–H groups in total. The van der Waals surface area contributed by atoms with Crippen LogP contribution in [0.15, 0.2) is 120 Å². The van der Waals surface area contributed by atoms with Crippen molar-refractivity contribution in [1.82, 2.24) is 0 Å². The van der Waals surface area contributed by atoms with Crippen molar-refractivity contribution in [2.24, 2.45) is 55.2 Å². The van der Waals surface area contributed by atoms with Crippen molar-refractivity contribution >= 4 is 3.21 Å². The fourth-order valence-corrected chi connectivity index (χ4v) is 11.4. The van der Waals surface area contributed by atoms with E-state index in [1.165, 1.54) is 44.2 Å². The second kappa shape index (κ2) is 14.4. The van der Waals surface area contributed by atoms with E-state index in [1.54, 1.807) is 0 Å². The Kier molecular flexibility index (Phi) is 12.3. The van der Waals surface area contributed by atoms with Gasteiger partial charge in [0.25, 0.3) is 0 Å².